The normalized spacial score (nSPS) is 10.3. The molecule has 0 fully saturated rings. The molecule has 0 radical (unpaired) electrons. The molecule has 20 heavy (non-hydrogen) atoms. The van der Waals surface area contributed by atoms with E-state index in [1.165, 1.54) is 6.07 Å². The fourth-order valence-corrected chi connectivity index (χ4v) is 2.04. The van der Waals surface area contributed by atoms with E-state index in [0.717, 1.165) is 0 Å². The number of carbonyl (C=O) groups excluding carboxylic acids is 1. The number of rotatable bonds is 4. The van der Waals surface area contributed by atoms with Gasteiger partial charge in [0.1, 0.15) is 5.82 Å². The van der Waals surface area contributed by atoms with Gasteiger partial charge in [0.15, 0.2) is 0 Å². The lowest BCUT2D eigenvalue weighted by Crippen LogP contribution is -2.12. The summed E-state index contributed by atoms with van der Waals surface area (Å²) in [6.07, 6.45) is 0.543. The van der Waals surface area contributed by atoms with Gasteiger partial charge in [0.25, 0.3) is 0 Å². The molecule has 1 N–H and O–H groups in total. The van der Waals surface area contributed by atoms with Crippen molar-refractivity contribution in [2.24, 2.45) is 0 Å². The minimum absolute atomic E-state index is 0.196. The minimum Gasteiger partial charge on any atom is -0.326 e. The van der Waals surface area contributed by atoms with Gasteiger partial charge in [-0.2, -0.15) is 0 Å². The molecule has 0 aliphatic carbocycles. The first kappa shape index (κ1) is 14.8. The van der Waals surface area contributed by atoms with Crippen molar-refractivity contribution in [3.63, 3.8) is 0 Å². The lowest BCUT2D eigenvalue weighted by molar-refractivity contribution is -0.116. The zero-order chi connectivity index (χ0) is 14.5. The van der Waals surface area contributed by atoms with Crippen LogP contribution in [0.15, 0.2) is 42.5 Å². The number of carbonyl (C=O) groups is 1. The second kappa shape index (κ2) is 6.73. The van der Waals surface area contributed by atoms with E-state index in [1.807, 2.05) is 0 Å². The summed E-state index contributed by atoms with van der Waals surface area (Å²) in [7, 11) is 0. The summed E-state index contributed by atoms with van der Waals surface area (Å²) in [5, 5.41) is 3.50. The smallest absolute Gasteiger partial charge is 0.224 e. The maximum Gasteiger partial charge on any atom is 0.224 e. The van der Waals surface area contributed by atoms with Crippen LogP contribution in [0.4, 0.5) is 10.1 Å². The van der Waals surface area contributed by atoms with Crippen LogP contribution < -0.4 is 5.32 Å². The van der Waals surface area contributed by atoms with Gasteiger partial charge in [-0.3, -0.25) is 4.79 Å². The van der Waals surface area contributed by atoms with Gasteiger partial charge in [-0.15, -0.1) is 0 Å². The van der Waals surface area contributed by atoms with Crippen LogP contribution in [0.5, 0.6) is 0 Å². The Morgan fingerprint density at radius 3 is 2.55 bits per heavy atom. The molecule has 0 aliphatic heterocycles. The van der Waals surface area contributed by atoms with Crippen molar-refractivity contribution >= 4 is 34.8 Å². The Labute approximate surface area is 126 Å². The molecule has 0 bridgehead atoms. The summed E-state index contributed by atoms with van der Waals surface area (Å²) in [6.45, 7) is 0. The molecular weight excluding hydrogens is 300 g/mol. The van der Waals surface area contributed by atoms with Crippen molar-refractivity contribution in [3.05, 3.63) is 63.9 Å². The molecule has 5 heteroatoms. The van der Waals surface area contributed by atoms with Gasteiger partial charge in [-0.25, -0.2) is 4.39 Å². The molecule has 2 aromatic rings. The van der Waals surface area contributed by atoms with Gasteiger partial charge < -0.3 is 5.32 Å². The summed E-state index contributed by atoms with van der Waals surface area (Å²) < 4.78 is 13.4. The van der Waals surface area contributed by atoms with E-state index in [2.05, 4.69) is 5.32 Å². The van der Waals surface area contributed by atoms with E-state index in [-0.39, 0.29) is 18.1 Å². The van der Waals surface area contributed by atoms with Crippen LogP contribution in [-0.2, 0) is 11.2 Å². The van der Waals surface area contributed by atoms with Crippen LogP contribution in [0.3, 0.4) is 0 Å². The fraction of sp³-hybridized carbons (Fsp3) is 0.133. The number of hydrogen-bond donors (Lipinski definition) is 1. The molecule has 2 nitrogen and oxygen atoms in total. The van der Waals surface area contributed by atoms with E-state index < -0.39 is 0 Å². The second-order valence-corrected chi connectivity index (χ2v) is 5.08. The Balaban J connectivity index is 1.93. The third-order valence-corrected chi connectivity index (χ3v) is 3.52. The van der Waals surface area contributed by atoms with Crippen molar-refractivity contribution in [2.75, 3.05) is 5.32 Å². The van der Waals surface area contributed by atoms with Crippen molar-refractivity contribution in [3.8, 4) is 0 Å². The summed E-state index contributed by atoms with van der Waals surface area (Å²) in [6, 6.07) is 11.3. The molecule has 1 amide bonds. The van der Waals surface area contributed by atoms with Crippen LogP contribution in [0.25, 0.3) is 0 Å². The number of nitrogens with one attached hydrogen (secondary N) is 1. The molecule has 0 aliphatic rings. The lowest BCUT2D eigenvalue weighted by Gasteiger charge is -2.07. The van der Waals surface area contributed by atoms with Crippen molar-refractivity contribution in [2.45, 2.75) is 12.8 Å². The molecular formula is C15H12Cl2FNO. The molecule has 0 unspecified atom stereocenters. The van der Waals surface area contributed by atoms with Crippen LogP contribution >= 0.6 is 23.2 Å². The number of benzene rings is 2. The van der Waals surface area contributed by atoms with Crippen molar-refractivity contribution < 1.29 is 9.18 Å². The number of amides is 1. The topological polar surface area (TPSA) is 29.1 Å². The SMILES string of the molecule is O=C(CCc1ccccc1F)Nc1ccc(Cl)c(Cl)c1. The monoisotopic (exact) mass is 311 g/mol. The molecule has 0 heterocycles. The molecule has 0 saturated heterocycles. The largest absolute Gasteiger partial charge is 0.326 e. The first-order valence-electron chi connectivity index (χ1n) is 6.04. The highest BCUT2D eigenvalue weighted by atomic mass is 35.5. The first-order chi connectivity index (χ1) is 9.56. The predicted octanol–water partition coefficient (Wildman–Crippen LogP) is 4.70. The van der Waals surface area contributed by atoms with Crippen LogP contribution in [0.2, 0.25) is 10.0 Å². The number of halogens is 3. The average molecular weight is 312 g/mol. The first-order valence-corrected chi connectivity index (χ1v) is 6.80. The second-order valence-electron chi connectivity index (χ2n) is 4.27. The lowest BCUT2D eigenvalue weighted by atomic mass is 10.1. The van der Waals surface area contributed by atoms with E-state index in [4.69, 9.17) is 23.2 Å². The van der Waals surface area contributed by atoms with Crippen LogP contribution in [-0.4, -0.2) is 5.91 Å². The number of anilines is 1. The quantitative estimate of drug-likeness (QED) is 0.871. The molecule has 0 aromatic heterocycles. The maximum absolute atomic E-state index is 13.4. The van der Waals surface area contributed by atoms with Crippen LogP contribution in [0.1, 0.15) is 12.0 Å². The highest BCUT2D eigenvalue weighted by Crippen LogP contribution is 2.25. The highest BCUT2D eigenvalue weighted by molar-refractivity contribution is 6.42. The Kier molecular flexibility index (Phi) is 4.99. The molecule has 0 spiro atoms. The van der Waals surface area contributed by atoms with Gasteiger partial charge in [-0.05, 0) is 36.2 Å². The van der Waals surface area contributed by atoms with Gasteiger partial charge in [0.05, 0.1) is 10.0 Å². The maximum atomic E-state index is 13.4. The summed E-state index contributed by atoms with van der Waals surface area (Å²) in [5.74, 6) is -0.499. The number of hydrogen-bond acceptors (Lipinski definition) is 1. The molecule has 2 aromatic carbocycles. The summed E-state index contributed by atoms with van der Waals surface area (Å²) in [4.78, 5) is 11.8. The van der Waals surface area contributed by atoms with E-state index in [0.29, 0.717) is 27.7 Å². The highest BCUT2D eigenvalue weighted by Gasteiger charge is 2.07. The average Bonchev–Trinajstić information content (AvgIpc) is 2.42. The summed E-state index contributed by atoms with van der Waals surface area (Å²) >= 11 is 11.6. The van der Waals surface area contributed by atoms with Crippen LogP contribution in [0, 0.1) is 5.82 Å². The minimum atomic E-state index is -0.296. The fourth-order valence-electron chi connectivity index (χ4n) is 1.75. The summed E-state index contributed by atoms with van der Waals surface area (Å²) in [5.41, 5.74) is 1.09. The number of aryl methyl sites for hydroxylation is 1. The molecule has 104 valence electrons. The zero-order valence-corrected chi connectivity index (χ0v) is 12.0. The standard InChI is InChI=1S/C15H12Cl2FNO/c16-12-7-6-11(9-13(12)17)19-15(20)8-5-10-3-1-2-4-14(10)18/h1-4,6-7,9H,5,8H2,(H,19,20). The molecule has 0 saturated carbocycles. The Morgan fingerprint density at radius 1 is 1.10 bits per heavy atom. The van der Waals surface area contributed by atoms with Crippen molar-refractivity contribution in [1.82, 2.24) is 0 Å². The third kappa shape index (κ3) is 3.95. The van der Waals surface area contributed by atoms with E-state index in [1.54, 1.807) is 36.4 Å². The van der Waals surface area contributed by atoms with E-state index in [9.17, 15) is 9.18 Å². The Morgan fingerprint density at radius 2 is 1.85 bits per heavy atom. The zero-order valence-electron chi connectivity index (χ0n) is 10.5. The van der Waals surface area contributed by atoms with Gasteiger partial charge in [0.2, 0.25) is 5.91 Å². The third-order valence-electron chi connectivity index (χ3n) is 2.78. The van der Waals surface area contributed by atoms with Crippen molar-refractivity contribution in [1.29, 1.82) is 0 Å². The van der Waals surface area contributed by atoms with Gasteiger partial charge in [-0.1, -0.05) is 41.4 Å². The molecule has 2 rings (SSSR count). The Bertz CT molecular complexity index is 631. The predicted molar refractivity (Wildman–Crippen MR) is 79.8 cm³/mol. The van der Waals surface area contributed by atoms with Gasteiger partial charge in [0, 0.05) is 12.1 Å². The Hall–Kier alpha value is -1.58. The molecule has 0 atom stereocenters. The van der Waals surface area contributed by atoms with Gasteiger partial charge >= 0.3 is 0 Å². The van der Waals surface area contributed by atoms with E-state index >= 15 is 0 Å².